The summed E-state index contributed by atoms with van der Waals surface area (Å²) in [6.07, 6.45) is 2.66. The molecule has 1 amide bonds. The van der Waals surface area contributed by atoms with Crippen LogP contribution >= 0.6 is 0 Å². The van der Waals surface area contributed by atoms with Crippen molar-refractivity contribution in [1.82, 2.24) is 15.3 Å². The molecular formula is C19H16F2N4O. The smallest absolute Gasteiger partial charge is 0.271 e. The molecule has 0 unspecified atom stereocenters. The molecule has 7 heteroatoms. The summed E-state index contributed by atoms with van der Waals surface area (Å²) < 4.78 is 26.1. The fourth-order valence-electron chi connectivity index (χ4n) is 2.21. The van der Waals surface area contributed by atoms with Gasteiger partial charge in [-0.05, 0) is 24.6 Å². The summed E-state index contributed by atoms with van der Waals surface area (Å²) in [6, 6.07) is 11.2. The number of carbonyl (C=O) groups excluding carboxylic acids is 1. The molecule has 0 spiro atoms. The van der Waals surface area contributed by atoms with Gasteiger partial charge in [-0.1, -0.05) is 29.8 Å². The molecular weight excluding hydrogens is 338 g/mol. The van der Waals surface area contributed by atoms with Crippen LogP contribution in [-0.4, -0.2) is 15.9 Å². The number of hydrogen-bond acceptors (Lipinski definition) is 4. The van der Waals surface area contributed by atoms with Crippen LogP contribution in [0, 0.1) is 18.6 Å². The molecule has 132 valence electrons. The molecule has 1 heterocycles. The van der Waals surface area contributed by atoms with Crippen molar-refractivity contribution in [1.29, 1.82) is 0 Å². The van der Waals surface area contributed by atoms with Gasteiger partial charge < -0.3 is 10.6 Å². The Hall–Kier alpha value is -3.35. The van der Waals surface area contributed by atoms with Gasteiger partial charge in [0.05, 0.1) is 12.4 Å². The number of hydrogen-bond donors (Lipinski definition) is 2. The first-order valence-electron chi connectivity index (χ1n) is 7.89. The van der Waals surface area contributed by atoms with Crippen molar-refractivity contribution in [3.8, 4) is 0 Å². The van der Waals surface area contributed by atoms with Crippen LogP contribution < -0.4 is 10.6 Å². The first kappa shape index (κ1) is 17.5. The Kier molecular flexibility index (Phi) is 5.17. The molecule has 0 saturated carbocycles. The highest BCUT2D eigenvalue weighted by Crippen LogP contribution is 2.17. The minimum atomic E-state index is -0.963. The molecule has 0 bridgehead atoms. The van der Waals surface area contributed by atoms with Crippen molar-refractivity contribution in [3.05, 3.63) is 83.3 Å². The maximum Gasteiger partial charge on any atom is 0.271 e. The average Bonchev–Trinajstić information content (AvgIpc) is 2.65. The summed E-state index contributed by atoms with van der Waals surface area (Å²) in [5.41, 5.74) is 2.62. The monoisotopic (exact) mass is 354 g/mol. The molecule has 0 aliphatic carbocycles. The topological polar surface area (TPSA) is 66.9 Å². The Morgan fingerprint density at radius 3 is 2.42 bits per heavy atom. The van der Waals surface area contributed by atoms with E-state index in [0.717, 1.165) is 23.3 Å². The van der Waals surface area contributed by atoms with Crippen LogP contribution in [0.2, 0.25) is 0 Å². The lowest BCUT2D eigenvalue weighted by Crippen LogP contribution is -2.24. The fraction of sp³-hybridized carbons (Fsp3) is 0.105. The third-order valence-electron chi connectivity index (χ3n) is 3.65. The molecule has 5 nitrogen and oxygen atoms in total. The summed E-state index contributed by atoms with van der Waals surface area (Å²) in [5, 5.41) is 5.55. The minimum absolute atomic E-state index is 0.160. The van der Waals surface area contributed by atoms with Gasteiger partial charge in [-0.2, -0.15) is 0 Å². The summed E-state index contributed by atoms with van der Waals surface area (Å²) >= 11 is 0. The predicted molar refractivity (Wildman–Crippen MR) is 94.0 cm³/mol. The summed E-state index contributed by atoms with van der Waals surface area (Å²) in [4.78, 5) is 20.2. The zero-order valence-corrected chi connectivity index (χ0v) is 14.0. The molecule has 3 aromatic rings. The van der Waals surface area contributed by atoms with Crippen LogP contribution in [0.5, 0.6) is 0 Å². The van der Waals surface area contributed by atoms with Crippen LogP contribution in [0.4, 0.5) is 20.3 Å². The average molecular weight is 354 g/mol. The Bertz CT molecular complexity index is 912. The van der Waals surface area contributed by atoms with Gasteiger partial charge in [-0.25, -0.2) is 18.7 Å². The van der Waals surface area contributed by atoms with Gasteiger partial charge in [-0.3, -0.25) is 4.79 Å². The Morgan fingerprint density at radius 1 is 1.00 bits per heavy atom. The summed E-state index contributed by atoms with van der Waals surface area (Å²) in [6.45, 7) is 2.38. The summed E-state index contributed by atoms with van der Waals surface area (Å²) in [7, 11) is 0. The van der Waals surface area contributed by atoms with Crippen molar-refractivity contribution in [2.24, 2.45) is 0 Å². The van der Waals surface area contributed by atoms with E-state index in [9.17, 15) is 13.6 Å². The van der Waals surface area contributed by atoms with E-state index < -0.39 is 11.6 Å². The maximum absolute atomic E-state index is 13.2. The lowest BCUT2D eigenvalue weighted by Gasteiger charge is -2.07. The van der Waals surface area contributed by atoms with Crippen LogP contribution in [0.25, 0.3) is 0 Å². The number of aromatic nitrogens is 2. The third-order valence-corrected chi connectivity index (χ3v) is 3.65. The Labute approximate surface area is 149 Å². The third kappa shape index (κ3) is 4.38. The second-order valence-corrected chi connectivity index (χ2v) is 5.71. The predicted octanol–water partition coefficient (Wildman–Crippen LogP) is 3.74. The molecule has 0 fully saturated rings. The van der Waals surface area contributed by atoms with Gasteiger partial charge in [-0.15, -0.1) is 0 Å². The number of halogens is 2. The highest BCUT2D eigenvalue weighted by molar-refractivity contribution is 5.92. The SMILES string of the molecule is Cc1ccc(CNC(=O)c2cnc(Nc3ccc(F)c(F)c3)cn2)cc1. The molecule has 3 rings (SSSR count). The van der Waals surface area contributed by atoms with Gasteiger partial charge >= 0.3 is 0 Å². The number of benzene rings is 2. The molecule has 0 aliphatic heterocycles. The van der Waals surface area contributed by atoms with Crippen molar-refractivity contribution in [3.63, 3.8) is 0 Å². The standard InChI is InChI=1S/C19H16F2N4O/c1-12-2-4-13(5-3-12)9-24-19(26)17-10-23-18(11-22-17)25-14-6-7-15(20)16(21)8-14/h2-8,10-11H,9H2,1H3,(H,23,25)(H,24,26). The van der Waals surface area contributed by atoms with Gasteiger partial charge in [0.2, 0.25) is 0 Å². The molecule has 0 saturated heterocycles. The maximum atomic E-state index is 13.2. The number of carbonyl (C=O) groups is 1. The lowest BCUT2D eigenvalue weighted by molar-refractivity contribution is 0.0945. The minimum Gasteiger partial charge on any atom is -0.347 e. The second-order valence-electron chi connectivity index (χ2n) is 5.71. The normalized spacial score (nSPS) is 10.4. The van der Waals surface area contributed by atoms with Crippen molar-refractivity contribution in [2.75, 3.05) is 5.32 Å². The van der Waals surface area contributed by atoms with Crippen LogP contribution in [0.3, 0.4) is 0 Å². The van der Waals surface area contributed by atoms with Gasteiger partial charge in [0.1, 0.15) is 11.5 Å². The highest BCUT2D eigenvalue weighted by Gasteiger charge is 2.09. The largest absolute Gasteiger partial charge is 0.347 e. The Morgan fingerprint density at radius 2 is 1.77 bits per heavy atom. The molecule has 0 atom stereocenters. The van der Waals surface area contributed by atoms with Gasteiger partial charge in [0.25, 0.3) is 5.91 Å². The van der Waals surface area contributed by atoms with Crippen LogP contribution in [0.15, 0.2) is 54.9 Å². The molecule has 1 aromatic heterocycles. The van der Waals surface area contributed by atoms with Crippen LogP contribution in [-0.2, 0) is 6.54 Å². The van der Waals surface area contributed by atoms with Crippen molar-refractivity contribution in [2.45, 2.75) is 13.5 Å². The fourth-order valence-corrected chi connectivity index (χ4v) is 2.21. The first-order chi connectivity index (χ1) is 12.5. The van der Waals surface area contributed by atoms with E-state index in [-0.39, 0.29) is 11.6 Å². The molecule has 2 N–H and O–H groups in total. The van der Waals surface area contributed by atoms with E-state index >= 15 is 0 Å². The van der Waals surface area contributed by atoms with Gasteiger partial charge in [0.15, 0.2) is 11.6 Å². The van der Waals surface area contributed by atoms with E-state index in [1.165, 1.54) is 18.5 Å². The number of nitrogens with one attached hydrogen (secondary N) is 2. The first-order valence-corrected chi connectivity index (χ1v) is 7.89. The molecule has 26 heavy (non-hydrogen) atoms. The summed E-state index contributed by atoms with van der Waals surface area (Å²) in [5.74, 6) is -1.93. The van der Waals surface area contributed by atoms with Crippen molar-refractivity contribution >= 4 is 17.4 Å². The second kappa shape index (κ2) is 7.69. The van der Waals surface area contributed by atoms with E-state index in [4.69, 9.17) is 0 Å². The number of nitrogens with zero attached hydrogens (tertiary/aromatic N) is 2. The van der Waals surface area contributed by atoms with Crippen LogP contribution in [0.1, 0.15) is 21.6 Å². The van der Waals surface area contributed by atoms with Gasteiger partial charge in [0, 0.05) is 18.3 Å². The Balaban J connectivity index is 1.60. The molecule has 0 radical (unpaired) electrons. The van der Waals surface area contributed by atoms with E-state index in [2.05, 4.69) is 20.6 Å². The highest BCUT2D eigenvalue weighted by atomic mass is 19.2. The van der Waals surface area contributed by atoms with E-state index in [1.807, 2.05) is 31.2 Å². The van der Waals surface area contributed by atoms with E-state index in [1.54, 1.807) is 0 Å². The number of amides is 1. The molecule has 2 aromatic carbocycles. The zero-order valence-electron chi connectivity index (χ0n) is 14.0. The molecule has 0 aliphatic rings. The quantitative estimate of drug-likeness (QED) is 0.733. The lowest BCUT2D eigenvalue weighted by atomic mass is 10.1. The zero-order chi connectivity index (χ0) is 18.5. The number of rotatable bonds is 5. The number of anilines is 2. The van der Waals surface area contributed by atoms with E-state index in [0.29, 0.717) is 18.1 Å². The number of aryl methyl sites for hydroxylation is 1. The van der Waals surface area contributed by atoms with Crippen molar-refractivity contribution < 1.29 is 13.6 Å².